The number of likely N-dealkylation sites (tertiary alicyclic amines) is 1. The van der Waals surface area contributed by atoms with E-state index >= 15 is 0 Å². The predicted octanol–water partition coefficient (Wildman–Crippen LogP) is 3.26. The molecule has 36 heavy (non-hydrogen) atoms. The first-order valence-corrected chi connectivity index (χ1v) is 13.3. The van der Waals surface area contributed by atoms with Gasteiger partial charge >= 0.3 is 0 Å². The second-order valence-electron chi connectivity index (χ2n) is 9.99. The van der Waals surface area contributed by atoms with Crippen molar-refractivity contribution in [3.05, 3.63) is 23.9 Å². The molecule has 4 heterocycles. The van der Waals surface area contributed by atoms with Crippen LogP contribution in [0, 0.1) is 0 Å². The van der Waals surface area contributed by atoms with E-state index in [0.717, 1.165) is 73.4 Å². The van der Waals surface area contributed by atoms with Crippen molar-refractivity contribution in [2.24, 2.45) is 0 Å². The molecular weight excluding hydrogens is 456 g/mol. The Balaban J connectivity index is 1.28. The fourth-order valence-electron chi connectivity index (χ4n) is 5.10. The molecule has 2 saturated heterocycles. The SMILES string of the molecule is COc1cc2c(Nc3cc(C4CC4)[nH]n3)nc(N3CCNCC3)nc2cc1OCCCN1CCCC1. The summed E-state index contributed by atoms with van der Waals surface area (Å²) >= 11 is 0. The lowest BCUT2D eigenvalue weighted by Crippen LogP contribution is -2.44. The molecule has 192 valence electrons. The van der Waals surface area contributed by atoms with Gasteiger partial charge in [-0.3, -0.25) is 5.10 Å². The van der Waals surface area contributed by atoms with Crippen molar-refractivity contribution >= 4 is 28.5 Å². The van der Waals surface area contributed by atoms with Gasteiger partial charge in [-0.15, -0.1) is 0 Å². The van der Waals surface area contributed by atoms with Gasteiger partial charge in [0.15, 0.2) is 17.3 Å². The van der Waals surface area contributed by atoms with Crippen molar-refractivity contribution in [3.63, 3.8) is 0 Å². The number of hydrogen-bond acceptors (Lipinski definition) is 9. The minimum Gasteiger partial charge on any atom is -0.493 e. The number of ether oxygens (including phenoxy) is 2. The Morgan fingerprint density at radius 1 is 1.03 bits per heavy atom. The van der Waals surface area contributed by atoms with Crippen molar-refractivity contribution in [2.45, 2.75) is 38.0 Å². The van der Waals surface area contributed by atoms with Crippen LogP contribution >= 0.6 is 0 Å². The van der Waals surface area contributed by atoms with Gasteiger partial charge in [-0.1, -0.05) is 0 Å². The Morgan fingerprint density at radius 2 is 1.86 bits per heavy atom. The number of anilines is 3. The van der Waals surface area contributed by atoms with Gasteiger partial charge in [-0.05, 0) is 51.3 Å². The molecule has 3 N–H and O–H groups in total. The van der Waals surface area contributed by atoms with Crippen LogP contribution in [0.5, 0.6) is 11.5 Å². The molecule has 1 aromatic carbocycles. The van der Waals surface area contributed by atoms with Gasteiger partial charge in [-0.2, -0.15) is 10.1 Å². The predicted molar refractivity (Wildman–Crippen MR) is 141 cm³/mol. The lowest BCUT2D eigenvalue weighted by molar-refractivity contribution is 0.254. The van der Waals surface area contributed by atoms with E-state index < -0.39 is 0 Å². The zero-order valence-electron chi connectivity index (χ0n) is 21.1. The van der Waals surface area contributed by atoms with Crippen LogP contribution in [-0.4, -0.2) is 84.6 Å². The summed E-state index contributed by atoms with van der Waals surface area (Å²) < 4.78 is 11.9. The van der Waals surface area contributed by atoms with Crippen molar-refractivity contribution < 1.29 is 9.47 Å². The number of nitrogens with zero attached hydrogens (tertiary/aromatic N) is 5. The number of methoxy groups -OCH3 is 1. The van der Waals surface area contributed by atoms with E-state index in [9.17, 15) is 0 Å². The lowest BCUT2D eigenvalue weighted by atomic mass is 10.2. The van der Waals surface area contributed by atoms with E-state index in [1.165, 1.54) is 44.5 Å². The standard InChI is InChI=1S/C26H36N8O2/c1-35-22-15-19-21(16-23(22)36-14-4-11-33-9-2-3-10-33)28-26(34-12-7-27-8-13-34)30-25(19)29-24-17-20(31-32-24)18-5-6-18/h15-18,27H,2-14H2,1H3,(H2,28,29,30,31,32). The van der Waals surface area contributed by atoms with Gasteiger partial charge in [0.2, 0.25) is 5.95 Å². The number of benzene rings is 1. The fraction of sp³-hybridized carbons (Fsp3) is 0.577. The number of H-pyrrole nitrogens is 1. The molecule has 0 atom stereocenters. The molecule has 0 radical (unpaired) electrons. The first kappa shape index (κ1) is 23.3. The average Bonchev–Trinajstić information content (AvgIpc) is 3.43. The van der Waals surface area contributed by atoms with E-state index in [2.05, 4.69) is 36.7 Å². The van der Waals surface area contributed by atoms with Crippen molar-refractivity contribution in [2.75, 3.05) is 69.7 Å². The molecule has 10 nitrogen and oxygen atoms in total. The maximum atomic E-state index is 6.20. The summed E-state index contributed by atoms with van der Waals surface area (Å²) in [5.41, 5.74) is 2.01. The summed E-state index contributed by atoms with van der Waals surface area (Å²) in [5, 5.41) is 15.4. The van der Waals surface area contributed by atoms with Crippen molar-refractivity contribution in [1.82, 2.24) is 30.4 Å². The zero-order valence-corrected chi connectivity index (χ0v) is 21.1. The summed E-state index contributed by atoms with van der Waals surface area (Å²) in [4.78, 5) is 14.6. The summed E-state index contributed by atoms with van der Waals surface area (Å²) in [6.07, 6.45) is 6.06. The fourth-order valence-corrected chi connectivity index (χ4v) is 5.10. The Kier molecular flexibility index (Phi) is 6.78. The highest BCUT2D eigenvalue weighted by atomic mass is 16.5. The number of fused-ring (bicyclic) bond motifs is 1. The molecule has 2 aromatic heterocycles. The second-order valence-corrected chi connectivity index (χ2v) is 9.99. The lowest BCUT2D eigenvalue weighted by Gasteiger charge is -2.28. The highest BCUT2D eigenvalue weighted by Crippen LogP contribution is 2.40. The Labute approximate surface area is 211 Å². The molecule has 10 heteroatoms. The molecule has 0 amide bonds. The zero-order chi connectivity index (χ0) is 24.3. The van der Waals surface area contributed by atoms with Crippen LogP contribution in [0.4, 0.5) is 17.6 Å². The molecule has 0 spiro atoms. The van der Waals surface area contributed by atoms with Gasteiger partial charge in [-0.25, -0.2) is 4.98 Å². The average molecular weight is 493 g/mol. The number of aromatic amines is 1. The Morgan fingerprint density at radius 3 is 2.64 bits per heavy atom. The van der Waals surface area contributed by atoms with Gasteiger partial charge in [0.05, 0.1) is 19.2 Å². The molecule has 0 bridgehead atoms. The monoisotopic (exact) mass is 492 g/mol. The summed E-state index contributed by atoms with van der Waals surface area (Å²) in [7, 11) is 1.68. The minimum absolute atomic E-state index is 0.608. The van der Waals surface area contributed by atoms with Crippen LogP contribution in [0.25, 0.3) is 10.9 Å². The summed E-state index contributed by atoms with van der Waals surface area (Å²) in [6.45, 7) is 7.72. The van der Waals surface area contributed by atoms with Crippen LogP contribution in [0.3, 0.4) is 0 Å². The normalized spacial score (nSPS) is 18.6. The van der Waals surface area contributed by atoms with Crippen LogP contribution in [0.1, 0.15) is 43.7 Å². The molecular formula is C26H36N8O2. The van der Waals surface area contributed by atoms with E-state index in [1.54, 1.807) is 7.11 Å². The second kappa shape index (κ2) is 10.5. The number of hydrogen-bond donors (Lipinski definition) is 3. The molecule has 2 aliphatic heterocycles. The van der Waals surface area contributed by atoms with Gasteiger partial charge in [0.1, 0.15) is 5.82 Å². The molecule has 1 aliphatic carbocycles. The molecule has 0 unspecified atom stereocenters. The number of nitrogens with one attached hydrogen (secondary N) is 3. The molecule has 3 aliphatic rings. The van der Waals surface area contributed by atoms with Crippen LogP contribution in [-0.2, 0) is 0 Å². The highest BCUT2D eigenvalue weighted by Gasteiger charge is 2.26. The van der Waals surface area contributed by atoms with Crippen molar-refractivity contribution in [3.8, 4) is 11.5 Å². The number of piperazine rings is 1. The first-order valence-electron chi connectivity index (χ1n) is 13.3. The third-order valence-electron chi connectivity index (χ3n) is 7.31. The third-order valence-corrected chi connectivity index (χ3v) is 7.31. The van der Waals surface area contributed by atoms with Crippen LogP contribution in [0.2, 0.25) is 0 Å². The maximum absolute atomic E-state index is 6.20. The maximum Gasteiger partial charge on any atom is 0.227 e. The summed E-state index contributed by atoms with van der Waals surface area (Å²) in [5.74, 6) is 4.22. The smallest absolute Gasteiger partial charge is 0.227 e. The molecule has 6 rings (SSSR count). The van der Waals surface area contributed by atoms with Crippen LogP contribution < -0.4 is 25.0 Å². The van der Waals surface area contributed by atoms with E-state index in [4.69, 9.17) is 19.4 Å². The van der Waals surface area contributed by atoms with E-state index in [0.29, 0.717) is 18.3 Å². The van der Waals surface area contributed by atoms with Crippen molar-refractivity contribution in [1.29, 1.82) is 0 Å². The quantitative estimate of drug-likeness (QED) is 0.368. The molecule has 3 aromatic rings. The van der Waals surface area contributed by atoms with E-state index in [-0.39, 0.29) is 0 Å². The largest absolute Gasteiger partial charge is 0.493 e. The summed E-state index contributed by atoms with van der Waals surface area (Å²) in [6, 6.07) is 6.05. The van der Waals surface area contributed by atoms with Crippen LogP contribution in [0.15, 0.2) is 18.2 Å². The number of aromatic nitrogens is 4. The number of rotatable bonds is 10. The molecule has 1 saturated carbocycles. The molecule has 3 fully saturated rings. The van der Waals surface area contributed by atoms with E-state index in [1.807, 2.05) is 12.1 Å². The topological polar surface area (TPSA) is 103 Å². The Hall–Kier alpha value is -3.11. The minimum atomic E-state index is 0.608. The van der Waals surface area contributed by atoms with Gasteiger partial charge in [0.25, 0.3) is 0 Å². The van der Waals surface area contributed by atoms with Gasteiger partial charge in [0, 0.05) is 61.9 Å². The highest BCUT2D eigenvalue weighted by molar-refractivity contribution is 5.94. The first-order chi connectivity index (χ1) is 17.8. The Bertz CT molecular complexity index is 1180. The third kappa shape index (κ3) is 5.19. The van der Waals surface area contributed by atoms with Gasteiger partial charge < -0.3 is 29.9 Å².